The molecule has 0 saturated heterocycles. The van der Waals surface area contributed by atoms with Gasteiger partial charge in [-0.05, 0) is 18.9 Å². The average Bonchev–Trinajstić information content (AvgIpc) is 2.33. The highest BCUT2D eigenvalue weighted by Gasteiger charge is 2.12. The van der Waals surface area contributed by atoms with Gasteiger partial charge in [-0.3, -0.25) is 4.79 Å². The minimum absolute atomic E-state index is 0.177. The SMILES string of the molecule is Cc1occc1C(=O)CC(C)C. The molecule has 0 fully saturated rings. The van der Waals surface area contributed by atoms with Crippen LogP contribution in [0.4, 0.5) is 0 Å². The van der Waals surface area contributed by atoms with Crippen molar-refractivity contribution in [2.24, 2.45) is 5.92 Å². The second-order valence-electron chi connectivity index (χ2n) is 3.41. The highest BCUT2D eigenvalue weighted by atomic mass is 16.3. The summed E-state index contributed by atoms with van der Waals surface area (Å²) in [5, 5.41) is 0. The predicted octanol–water partition coefficient (Wildman–Crippen LogP) is 2.82. The lowest BCUT2D eigenvalue weighted by atomic mass is 10.0. The Labute approximate surface area is 72.6 Å². The molecule has 0 aliphatic heterocycles. The van der Waals surface area contributed by atoms with Crippen LogP contribution in [0.2, 0.25) is 0 Å². The molecule has 1 aromatic heterocycles. The number of hydrogen-bond acceptors (Lipinski definition) is 2. The van der Waals surface area contributed by atoms with Crippen molar-refractivity contribution < 1.29 is 9.21 Å². The maximum absolute atomic E-state index is 11.5. The molecule has 12 heavy (non-hydrogen) atoms. The standard InChI is InChI=1S/C10H14O2/c1-7(2)6-10(11)9-4-5-12-8(9)3/h4-5,7H,6H2,1-3H3. The molecule has 0 amide bonds. The molecule has 2 heteroatoms. The Kier molecular flexibility index (Phi) is 2.69. The zero-order valence-electron chi connectivity index (χ0n) is 7.76. The molecule has 0 atom stereocenters. The van der Waals surface area contributed by atoms with E-state index >= 15 is 0 Å². The number of hydrogen-bond donors (Lipinski definition) is 0. The first-order valence-electron chi connectivity index (χ1n) is 4.18. The van der Waals surface area contributed by atoms with E-state index in [1.807, 2.05) is 20.8 Å². The summed E-state index contributed by atoms with van der Waals surface area (Å²) < 4.78 is 5.05. The first-order chi connectivity index (χ1) is 5.61. The quantitative estimate of drug-likeness (QED) is 0.646. The van der Waals surface area contributed by atoms with Gasteiger partial charge in [-0.15, -0.1) is 0 Å². The van der Waals surface area contributed by atoms with Crippen LogP contribution in [0.5, 0.6) is 0 Å². The third kappa shape index (κ3) is 1.97. The van der Waals surface area contributed by atoms with Gasteiger partial charge in [0.2, 0.25) is 0 Å². The van der Waals surface area contributed by atoms with E-state index in [1.165, 1.54) is 0 Å². The van der Waals surface area contributed by atoms with Gasteiger partial charge in [-0.1, -0.05) is 13.8 Å². The molecular weight excluding hydrogens is 152 g/mol. The van der Waals surface area contributed by atoms with Crippen molar-refractivity contribution >= 4 is 5.78 Å². The molecule has 0 bridgehead atoms. The van der Waals surface area contributed by atoms with E-state index < -0.39 is 0 Å². The zero-order valence-corrected chi connectivity index (χ0v) is 7.76. The summed E-state index contributed by atoms with van der Waals surface area (Å²) >= 11 is 0. The van der Waals surface area contributed by atoms with Crippen LogP contribution in [0.15, 0.2) is 16.7 Å². The lowest BCUT2D eigenvalue weighted by Gasteiger charge is -2.01. The van der Waals surface area contributed by atoms with Gasteiger partial charge in [0.25, 0.3) is 0 Å². The highest BCUT2D eigenvalue weighted by Crippen LogP contribution is 2.14. The van der Waals surface area contributed by atoms with Crippen molar-refractivity contribution in [3.63, 3.8) is 0 Å². The molecule has 66 valence electrons. The molecule has 2 nitrogen and oxygen atoms in total. The fourth-order valence-electron chi connectivity index (χ4n) is 1.15. The number of carbonyl (C=O) groups excluding carboxylic acids is 1. The molecule has 1 rings (SSSR count). The van der Waals surface area contributed by atoms with Crippen LogP contribution in [0, 0.1) is 12.8 Å². The molecule has 0 spiro atoms. The Balaban J connectivity index is 2.72. The number of aryl methyl sites for hydroxylation is 1. The molecular formula is C10H14O2. The van der Waals surface area contributed by atoms with E-state index in [-0.39, 0.29) is 5.78 Å². The van der Waals surface area contributed by atoms with Crippen molar-refractivity contribution in [3.05, 3.63) is 23.7 Å². The van der Waals surface area contributed by atoms with Crippen LogP contribution in [-0.2, 0) is 0 Å². The Bertz CT molecular complexity index is 271. The summed E-state index contributed by atoms with van der Waals surface area (Å²) in [4.78, 5) is 11.5. The Morgan fingerprint density at radius 1 is 1.58 bits per heavy atom. The van der Waals surface area contributed by atoms with Crippen LogP contribution in [0.25, 0.3) is 0 Å². The van der Waals surface area contributed by atoms with Crippen molar-refractivity contribution in [1.29, 1.82) is 0 Å². The summed E-state index contributed by atoms with van der Waals surface area (Å²) in [6.45, 7) is 5.88. The van der Waals surface area contributed by atoms with Gasteiger partial charge in [-0.2, -0.15) is 0 Å². The fourth-order valence-corrected chi connectivity index (χ4v) is 1.15. The Morgan fingerprint density at radius 3 is 2.67 bits per heavy atom. The van der Waals surface area contributed by atoms with Gasteiger partial charge in [0.1, 0.15) is 5.76 Å². The number of ketones is 1. The minimum atomic E-state index is 0.177. The first-order valence-corrected chi connectivity index (χ1v) is 4.18. The zero-order chi connectivity index (χ0) is 9.14. The molecule has 0 N–H and O–H groups in total. The molecule has 1 aromatic rings. The monoisotopic (exact) mass is 166 g/mol. The third-order valence-electron chi connectivity index (χ3n) is 1.75. The average molecular weight is 166 g/mol. The van der Waals surface area contributed by atoms with Crippen LogP contribution in [0.3, 0.4) is 0 Å². The van der Waals surface area contributed by atoms with Gasteiger partial charge in [-0.25, -0.2) is 0 Å². The maximum Gasteiger partial charge on any atom is 0.166 e. The Morgan fingerprint density at radius 2 is 2.25 bits per heavy atom. The van der Waals surface area contributed by atoms with E-state index in [0.29, 0.717) is 12.3 Å². The summed E-state index contributed by atoms with van der Waals surface area (Å²) in [7, 11) is 0. The second-order valence-corrected chi connectivity index (χ2v) is 3.41. The lowest BCUT2D eigenvalue weighted by Crippen LogP contribution is -2.03. The lowest BCUT2D eigenvalue weighted by molar-refractivity contribution is 0.0966. The predicted molar refractivity (Wildman–Crippen MR) is 47.2 cm³/mol. The molecule has 0 radical (unpaired) electrons. The molecule has 0 saturated carbocycles. The van der Waals surface area contributed by atoms with E-state index in [2.05, 4.69) is 0 Å². The topological polar surface area (TPSA) is 30.2 Å². The third-order valence-corrected chi connectivity index (χ3v) is 1.75. The van der Waals surface area contributed by atoms with Gasteiger partial charge in [0.15, 0.2) is 5.78 Å². The Hall–Kier alpha value is -1.05. The molecule has 1 heterocycles. The summed E-state index contributed by atoms with van der Waals surface area (Å²) in [6, 6.07) is 1.74. The molecule has 0 unspecified atom stereocenters. The van der Waals surface area contributed by atoms with Gasteiger partial charge >= 0.3 is 0 Å². The number of Topliss-reactive ketones (excluding diaryl/α,β-unsaturated/α-hetero) is 1. The van der Waals surface area contributed by atoms with E-state index in [1.54, 1.807) is 12.3 Å². The molecule has 0 aliphatic carbocycles. The van der Waals surface area contributed by atoms with Crippen molar-refractivity contribution in [1.82, 2.24) is 0 Å². The minimum Gasteiger partial charge on any atom is -0.469 e. The van der Waals surface area contributed by atoms with E-state index in [9.17, 15) is 4.79 Å². The fraction of sp³-hybridized carbons (Fsp3) is 0.500. The maximum atomic E-state index is 11.5. The van der Waals surface area contributed by atoms with Crippen LogP contribution >= 0.6 is 0 Å². The van der Waals surface area contributed by atoms with Gasteiger partial charge < -0.3 is 4.42 Å². The summed E-state index contributed by atoms with van der Waals surface area (Å²) in [5.41, 5.74) is 0.726. The highest BCUT2D eigenvalue weighted by molar-refractivity contribution is 5.96. The van der Waals surface area contributed by atoms with Crippen molar-refractivity contribution in [2.75, 3.05) is 0 Å². The van der Waals surface area contributed by atoms with Gasteiger partial charge in [0, 0.05) is 6.42 Å². The van der Waals surface area contributed by atoms with Gasteiger partial charge in [0.05, 0.1) is 11.8 Å². The molecule has 0 aromatic carbocycles. The number of rotatable bonds is 3. The molecule has 0 aliphatic rings. The smallest absolute Gasteiger partial charge is 0.166 e. The van der Waals surface area contributed by atoms with E-state index in [0.717, 1.165) is 11.3 Å². The van der Waals surface area contributed by atoms with Crippen LogP contribution in [0.1, 0.15) is 36.4 Å². The van der Waals surface area contributed by atoms with Crippen LogP contribution in [-0.4, -0.2) is 5.78 Å². The summed E-state index contributed by atoms with van der Waals surface area (Å²) in [5.74, 6) is 1.31. The normalized spacial score (nSPS) is 10.7. The second kappa shape index (κ2) is 3.57. The first kappa shape index (κ1) is 9.04. The number of carbonyl (C=O) groups is 1. The van der Waals surface area contributed by atoms with E-state index in [4.69, 9.17) is 4.42 Å². The largest absolute Gasteiger partial charge is 0.469 e. The van der Waals surface area contributed by atoms with Crippen LogP contribution < -0.4 is 0 Å². The van der Waals surface area contributed by atoms with Crippen molar-refractivity contribution in [3.8, 4) is 0 Å². The van der Waals surface area contributed by atoms with Crippen molar-refractivity contribution in [2.45, 2.75) is 27.2 Å². The number of furan rings is 1. The summed E-state index contributed by atoms with van der Waals surface area (Å²) in [6.07, 6.45) is 2.16.